The zero-order valence-corrected chi connectivity index (χ0v) is 21.6. The summed E-state index contributed by atoms with van der Waals surface area (Å²) in [6.45, 7) is 1.72. The van der Waals surface area contributed by atoms with E-state index < -0.39 is 47.7 Å². The van der Waals surface area contributed by atoms with Crippen molar-refractivity contribution in [3.05, 3.63) is 92.9 Å². The average Bonchev–Trinajstić information content (AvgIpc) is 3.43. The number of alkyl halides is 6. The van der Waals surface area contributed by atoms with Crippen LogP contribution in [0.1, 0.15) is 58.9 Å². The molecule has 4 rings (SSSR count). The Balaban J connectivity index is 1.44. The van der Waals surface area contributed by atoms with Crippen LogP contribution in [0.2, 0.25) is 0 Å². The van der Waals surface area contributed by atoms with E-state index in [1.54, 1.807) is 11.3 Å². The van der Waals surface area contributed by atoms with Gasteiger partial charge in [-0.15, -0.1) is 0 Å². The maximum atomic E-state index is 13.5. The second kappa shape index (κ2) is 12.1. The summed E-state index contributed by atoms with van der Waals surface area (Å²) in [6.07, 6.45) is -7.65. The van der Waals surface area contributed by atoms with Crippen molar-refractivity contribution in [3.8, 4) is 0 Å². The fraction of sp³-hybridized carbons (Fsp3) is 0.393. The van der Waals surface area contributed by atoms with Crippen LogP contribution in [-0.4, -0.2) is 30.4 Å². The number of thiophene rings is 1. The predicted octanol–water partition coefficient (Wildman–Crippen LogP) is 7.59. The first kappa shape index (κ1) is 29.1. The first-order valence-corrected chi connectivity index (χ1v) is 13.4. The van der Waals surface area contributed by atoms with E-state index in [1.807, 2.05) is 0 Å². The monoisotopic (exact) mass is 572 g/mol. The molecule has 3 aromatic rings. The van der Waals surface area contributed by atoms with Crippen LogP contribution < -0.4 is 5.32 Å². The van der Waals surface area contributed by atoms with Crippen molar-refractivity contribution in [1.82, 2.24) is 10.2 Å². The predicted molar refractivity (Wildman–Crippen MR) is 135 cm³/mol. The van der Waals surface area contributed by atoms with Crippen LogP contribution in [0.15, 0.2) is 59.3 Å². The van der Waals surface area contributed by atoms with Crippen LogP contribution in [0.3, 0.4) is 0 Å². The zero-order chi connectivity index (χ0) is 28.2. The summed E-state index contributed by atoms with van der Waals surface area (Å²) in [5.41, 5.74) is -1.36. The van der Waals surface area contributed by atoms with Crippen molar-refractivity contribution < 1.29 is 35.5 Å². The summed E-state index contributed by atoms with van der Waals surface area (Å²) in [4.78, 5) is 15.4. The van der Waals surface area contributed by atoms with Gasteiger partial charge in [0.15, 0.2) is 0 Å². The lowest BCUT2D eigenvalue weighted by Gasteiger charge is -2.32. The molecule has 0 unspecified atom stereocenters. The fourth-order valence-electron chi connectivity index (χ4n) is 4.89. The molecule has 210 valence electrons. The Labute approximate surface area is 225 Å². The lowest BCUT2D eigenvalue weighted by Crippen LogP contribution is -2.36. The normalized spacial score (nSPS) is 16.3. The minimum atomic E-state index is -4.98. The lowest BCUT2D eigenvalue weighted by atomic mass is 9.90. The smallest absolute Gasteiger partial charge is 0.351 e. The molecular formula is C28H27F7N2OS. The largest absolute Gasteiger partial charge is 0.416 e. The molecule has 1 N–H and O–H groups in total. The number of amides is 1. The minimum absolute atomic E-state index is 0.0498. The third-order valence-electron chi connectivity index (χ3n) is 7.04. The van der Waals surface area contributed by atoms with Crippen LogP contribution in [0.25, 0.3) is 0 Å². The molecule has 11 heteroatoms. The fourth-order valence-corrected chi connectivity index (χ4v) is 5.63. The van der Waals surface area contributed by atoms with Crippen LogP contribution in [0.5, 0.6) is 0 Å². The third kappa shape index (κ3) is 7.82. The number of carbonyl (C=O) groups excluding carboxylic acids is 1. The quantitative estimate of drug-likeness (QED) is 0.282. The van der Waals surface area contributed by atoms with Gasteiger partial charge in [-0.1, -0.05) is 12.1 Å². The van der Waals surface area contributed by atoms with E-state index in [0.29, 0.717) is 36.6 Å². The number of nitrogens with one attached hydrogen (secondary N) is 1. The second-order valence-corrected chi connectivity index (χ2v) is 10.5. The van der Waals surface area contributed by atoms with E-state index in [9.17, 15) is 35.5 Å². The van der Waals surface area contributed by atoms with E-state index in [4.69, 9.17) is 0 Å². The molecule has 0 radical (unpaired) electrons. The van der Waals surface area contributed by atoms with Crippen molar-refractivity contribution in [2.24, 2.45) is 0 Å². The lowest BCUT2D eigenvalue weighted by molar-refractivity contribution is -0.143. The molecule has 0 aliphatic carbocycles. The molecule has 0 bridgehead atoms. The summed E-state index contributed by atoms with van der Waals surface area (Å²) < 4.78 is 92.8. The van der Waals surface area contributed by atoms with Gasteiger partial charge in [-0.3, -0.25) is 4.79 Å². The molecule has 1 amide bonds. The molecule has 1 atom stereocenters. The summed E-state index contributed by atoms with van der Waals surface area (Å²) in [5.74, 6) is -1.32. The number of benzene rings is 2. The highest BCUT2D eigenvalue weighted by atomic mass is 32.1. The molecular weight excluding hydrogens is 545 g/mol. The molecule has 2 aromatic carbocycles. The van der Waals surface area contributed by atoms with Crippen molar-refractivity contribution in [1.29, 1.82) is 0 Å². The van der Waals surface area contributed by atoms with E-state index in [0.717, 1.165) is 25.9 Å². The van der Waals surface area contributed by atoms with E-state index >= 15 is 0 Å². The van der Waals surface area contributed by atoms with E-state index in [1.165, 1.54) is 29.8 Å². The number of rotatable bonds is 8. The van der Waals surface area contributed by atoms with Crippen molar-refractivity contribution in [2.45, 2.75) is 50.0 Å². The first-order chi connectivity index (χ1) is 18.4. The molecule has 1 saturated heterocycles. The molecule has 1 aromatic heterocycles. The van der Waals surface area contributed by atoms with Gasteiger partial charge in [0, 0.05) is 6.54 Å². The Morgan fingerprint density at radius 2 is 1.56 bits per heavy atom. The Hall–Kier alpha value is -2.92. The summed E-state index contributed by atoms with van der Waals surface area (Å²) >= 11 is 1.66. The Kier molecular flexibility index (Phi) is 9.00. The highest BCUT2D eigenvalue weighted by Gasteiger charge is 2.37. The minimum Gasteiger partial charge on any atom is -0.351 e. The molecule has 0 saturated carbocycles. The summed E-state index contributed by atoms with van der Waals surface area (Å²) in [7, 11) is 0. The molecule has 1 aliphatic heterocycles. The molecule has 39 heavy (non-hydrogen) atoms. The number of hydrogen-bond acceptors (Lipinski definition) is 3. The van der Waals surface area contributed by atoms with Gasteiger partial charge >= 0.3 is 12.4 Å². The first-order valence-electron chi connectivity index (χ1n) is 12.5. The van der Waals surface area contributed by atoms with E-state index in [-0.39, 0.29) is 11.6 Å². The molecule has 1 aliphatic rings. The van der Waals surface area contributed by atoms with Crippen molar-refractivity contribution >= 4 is 17.2 Å². The van der Waals surface area contributed by atoms with Crippen molar-refractivity contribution in [3.63, 3.8) is 0 Å². The molecule has 3 nitrogen and oxygen atoms in total. The van der Waals surface area contributed by atoms with Gasteiger partial charge in [0.2, 0.25) is 5.91 Å². The highest BCUT2D eigenvalue weighted by Crippen LogP contribution is 2.36. The van der Waals surface area contributed by atoms with Crippen LogP contribution in [-0.2, 0) is 23.7 Å². The van der Waals surface area contributed by atoms with Gasteiger partial charge in [0.05, 0.1) is 17.0 Å². The van der Waals surface area contributed by atoms with E-state index in [2.05, 4.69) is 27.0 Å². The van der Waals surface area contributed by atoms with Gasteiger partial charge in [0.25, 0.3) is 0 Å². The van der Waals surface area contributed by atoms with Gasteiger partial charge in [-0.25, -0.2) is 4.39 Å². The number of halogens is 7. The molecule has 0 spiro atoms. The van der Waals surface area contributed by atoms with Gasteiger partial charge in [0.1, 0.15) is 5.82 Å². The van der Waals surface area contributed by atoms with Gasteiger partial charge < -0.3 is 10.2 Å². The second-order valence-electron chi connectivity index (χ2n) is 9.70. The maximum Gasteiger partial charge on any atom is 0.416 e. The Bertz CT molecular complexity index is 1200. The van der Waals surface area contributed by atoms with Crippen LogP contribution in [0, 0.1) is 5.82 Å². The van der Waals surface area contributed by atoms with Gasteiger partial charge in [-0.2, -0.15) is 37.7 Å². The Morgan fingerprint density at radius 3 is 2.10 bits per heavy atom. The molecule has 1 fully saturated rings. The third-order valence-corrected chi connectivity index (χ3v) is 7.74. The van der Waals surface area contributed by atoms with Crippen LogP contribution >= 0.6 is 11.3 Å². The number of nitrogens with zero attached hydrogens (tertiary/aromatic N) is 1. The number of carbonyl (C=O) groups is 1. The summed E-state index contributed by atoms with van der Waals surface area (Å²) in [5, 5.41) is 6.70. The van der Waals surface area contributed by atoms with Crippen LogP contribution in [0.4, 0.5) is 30.7 Å². The topological polar surface area (TPSA) is 32.3 Å². The maximum absolute atomic E-state index is 13.5. The summed E-state index contributed by atoms with van der Waals surface area (Å²) in [6, 6.07) is 8.73. The zero-order valence-electron chi connectivity index (χ0n) is 20.8. The SMILES string of the molecule is O=C(NCc1cc(C(F)(F)F)cc(C(F)(F)F)c1)[C@@H](CCN1CCC(c2ccsc2)CC1)c1ccc(F)cc1. The van der Waals surface area contributed by atoms with Gasteiger partial charge in [-0.05, 0) is 109 Å². The highest BCUT2D eigenvalue weighted by molar-refractivity contribution is 7.08. The number of piperidine rings is 1. The number of hydrogen-bond donors (Lipinski definition) is 1. The number of likely N-dealkylation sites (tertiary alicyclic amines) is 1. The average molecular weight is 573 g/mol. The van der Waals surface area contributed by atoms with Crippen molar-refractivity contribution in [2.75, 3.05) is 19.6 Å². The standard InChI is InChI=1S/C28H27F7N2OS/c29-24-3-1-20(2-4-24)25(7-11-37-9-5-19(6-10-37)21-8-12-39-17-21)26(38)36-16-18-13-22(27(30,31)32)15-23(14-18)28(33,34)35/h1-4,8,12-15,17,19,25H,5-7,9-11,16H2,(H,36,38)/t25-/m0/s1. The Morgan fingerprint density at radius 1 is 0.949 bits per heavy atom. The molecule has 2 heterocycles.